The van der Waals surface area contributed by atoms with Crippen LogP contribution in [0.25, 0.3) is 10.9 Å². The molecule has 4 nitrogen and oxygen atoms in total. The second-order valence-corrected chi connectivity index (χ2v) is 4.11. The average molecular weight is 302 g/mol. The van der Waals surface area contributed by atoms with Crippen molar-refractivity contribution in [3.05, 3.63) is 27.0 Å². The summed E-state index contributed by atoms with van der Waals surface area (Å²) in [6.07, 6.45) is 0. The number of carboxylic acid groups (broad SMARTS) is 1. The minimum Gasteiger partial charge on any atom is -0.478 e. The first-order valence-corrected chi connectivity index (χ1v) is 5.05. The summed E-state index contributed by atoms with van der Waals surface area (Å²) >= 11 is 2.13. The zero-order chi connectivity index (χ0) is 10.3. The number of nitrogens with zero attached hydrogens (tertiary/aromatic N) is 1. The lowest BCUT2D eigenvalue weighted by atomic mass is 10.1. The maximum absolute atomic E-state index is 10.8. The van der Waals surface area contributed by atoms with E-state index in [1.54, 1.807) is 13.0 Å². The molecule has 2 rings (SSSR count). The summed E-state index contributed by atoms with van der Waals surface area (Å²) in [5.74, 6) is -0.914. The number of H-pyrrole nitrogens is 1. The van der Waals surface area contributed by atoms with Crippen LogP contribution in [0.3, 0.4) is 0 Å². The molecule has 0 saturated heterocycles. The van der Waals surface area contributed by atoms with E-state index in [1.165, 1.54) is 0 Å². The number of aryl methyl sites for hydroxylation is 1. The molecule has 5 heteroatoms. The van der Waals surface area contributed by atoms with Gasteiger partial charge in [-0.1, -0.05) is 0 Å². The van der Waals surface area contributed by atoms with Gasteiger partial charge >= 0.3 is 5.97 Å². The fourth-order valence-corrected chi connectivity index (χ4v) is 1.92. The number of carbonyl (C=O) groups is 1. The van der Waals surface area contributed by atoms with Crippen LogP contribution in [-0.2, 0) is 0 Å². The first kappa shape index (κ1) is 9.45. The number of halogens is 1. The Morgan fingerprint density at radius 2 is 2.29 bits per heavy atom. The predicted molar refractivity (Wildman–Crippen MR) is 60.5 cm³/mol. The molecule has 0 spiro atoms. The molecule has 14 heavy (non-hydrogen) atoms. The average Bonchev–Trinajstić information content (AvgIpc) is 2.46. The maximum Gasteiger partial charge on any atom is 0.336 e. The number of benzene rings is 1. The Labute approximate surface area is 93.5 Å². The molecule has 0 radical (unpaired) electrons. The van der Waals surface area contributed by atoms with Crippen molar-refractivity contribution in [1.29, 1.82) is 0 Å². The lowest BCUT2D eigenvalue weighted by Crippen LogP contribution is -1.99. The van der Waals surface area contributed by atoms with Crippen LogP contribution in [0.15, 0.2) is 12.1 Å². The SMILES string of the molecule is Cc1cc2c(I)[nH]nc2cc1C(=O)O. The number of carboxylic acids is 1. The van der Waals surface area contributed by atoms with E-state index in [4.69, 9.17) is 5.11 Å². The summed E-state index contributed by atoms with van der Waals surface area (Å²) < 4.78 is 0.928. The molecular formula is C9H7IN2O2. The van der Waals surface area contributed by atoms with E-state index in [-0.39, 0.29) is 0 Å². The van der Waals surface area contributed by atoms with Gasteiger partial charge in [0.15, 0.2) is 0 Å². The van der Waals surface area contributed by atoms with Crippen molar-refractivity contribution in [2.75, 3.05) is 0 Å². The highest BCUT2D eigenvalue weighted by Crippen LogP contribution is 2.21. The molecule has 1 aromatic heterocycles. The summed E-state index contributed by atoms with van der Waals surface area (Å²) in [7, 11) is 0. The van der Waals surface area contributed by atoms with Crippen LogP contribution in [0.2, 0.25) is 0 Å². The zero-order valence-electron chi connectivity index (χ0n) is 7.34. The third kappa shape index (κ3) is 1.37. The van der Waals surface area contributed by atoms with Crippen LogP contribution in [0, 0.1) is 10.6 Å². The first-order chi connectivity index (χ1) is 6.59. The number of nitrogens with one attached hydrogen (secondary N) is 1. The van der Waals surface area contributed by atoms with E-state index in [1.807, 2.05) is 6.07 Å². The van der Waals surface area contributed by atoms with Gasteiger partial charge in [0.05, 0.1) is 11.1 Å². The summed E-state index contributed by atoms with van der Waals surface area (Å²) in [5, 5.41) is 16.7. The van der Waals surface area contributed by atoms with E-state index in [9.17, 15) is 4.79 Å². The standard InChI is InChI=1S/C9H7IN2O2/c1-4-2-6-7(11-12-8(6)10)3-5(4)9(13)14/h2-3H,1H3,(H,11,12)(H,13,14). The Bertz CT molecular complexity index is 519. The van der Waals surface area contributed by atoms with E-state index in [2.05, 4.69) is 32.8 Å². The molecule has 0 saturated carbocycles. The van der Waals surface area contributed by atoms with Crippen LogP contribution >= 0.6 is 22.6 Å². The molecule has 0 aliphatic carbocycles. The highest BCUT2D eigenvalue weighted by Gasteiger charge is 2.11. The number of rotatable bonds is 1. The minimum atomic E-state index is -0.914. The molecule has 0 aliphatic heterocycles. The van der Waals surface area contributed by atoms with E-state index >= 15 is 0 Å². The van der Waals surface area contributed by atoms with Gasteiger partial charge in [-0.15, -0.1) is 0 Å². The number of aromatic nitrogens is 2. The number of hydrogen-bond donors (Lipinski definition) is 2. The molecule has 0 unspecified atom stereocenters. The van der Waals surface area contributed by atoms with Crippen molar-refractivity contribution in [1.82, 2.24) is 10.2 Å². The monoisotopic (exact) mass is 302 g/mol. The third-order valence-electron chi connectivity index (χ3n) is 2.08. The van der Waals surface area contributed by atoms with Gasteiger partial charge in [-0.2, -0.15) is 5.10 Å². The Kier molecular flexibility index (Phi) is 2.18. The Morgan fingerprint density at radius 1 is 1.57 bits per heavy atom. The van der Waals surface area contributed by atoms with Crippen molar-refractivity contribution >= 4 is 39.5 Å². The van der Waals surface area contributed by atoms with Gasteiger partial charge < -0.3 is 5.11 Å². The molecule has 2 N–H and O–H groups in total. The number of fused-ring (bicyclic) bond motifs is 1. The largest absolute Gasteiger partial charge is 0.478 e. The number of aromatic carboxylic acids is 1. The topological polar surface area (TPSA) is 66.0 Å². The van der Waals surface area contributed by atoms with E-state index in [0.29, 0.717) is 11.1 Å². The molecular weight excluding hydrogens is 295 g/mol. The van der Waals surface area contributed by atoms with Crippen molar-refractivity contribution in [2.45, 2.75) is 6.92 Å². The van der Waals surface area contributed by atoms with Crippen molar-refractivity contribution < 1.29 is 9.90 Å². The summed E-state index contributed by atoms with van der Waals surface area (Å²) in [6.45, 7) is 1.78. The molecule has 1 aromatic carbocycles. The lowest BCUT2D eigenvalue weighted by molar-refractivity contribution is 0.0696. The summed E-state index contributed by atoms with van der Waals surface area (Å²) in [4.78, 5) is 10.8. The molecule has 0 bridgehead atoms. The minimum absolute atomic E-state index is 0.306. The number of hydrogen-bond acceptors (Lipinski definition) is 2. The smallest absolute Gasteiger partial charge is 0.336 e. The van der Waals surface area contributed by atoms with Gasteiger partial charge in [-0.25, -0.2) is 4.79 Å². The third-order valence-corrected chi connectivity index (χ3v) is 2.91. The van der Waals surface area contributed by atoms with Gasteiger partial charge in [-0.05, 0) is 47.2 Å². The molecule has 0 amide bonds. The van der Waals surface area contributed by atoms with E-state index in [0.717, 1.165) is 14.7 Å². The van der Waals surface area contributed by atoms with Gasteiger partial charge in [-0.3, -0.25) is 5.10 Å². The van der Waals surface area contributed by atoms with Gasteiger partial charge in [0.25, 0.3) is 0 Å². The van der Waals surface area contributed by atoms with Gasteiger partial charge in [0.1, 0.15) is 3.70 Å². The highest BCUT2D eigenvalue weighted by atomic mass is 127. The Balaban J connectivity index is 2.79. The number of aromatic amines is 1. The van der Waals surface area contributed by atoms with Crippen molar-refractivity contribution in [2.24, 2.45) is 0 Å². The molecule has 1 heterocycles. The second-order valence-electron chi connectivity index (χ2n) is 3.03. The fraction of sp³-hybridized carbons (Fsp3) is 0.111. The predicted octanol–water partition coefficient (Wildman–Crippen LogP) is 2.17. The van der Waals surface area contributed by atoms with Crippen LogP contribution in [-0.4, -0.2) is 21.3 Å². The molecule has 0 atom stereocenters. The molecule has 0 aliphatic rings. The Morgan fingerprint density at radius 3 is 2.93 bits per heavy atom. The fourth-order valence-electron chi connectivity index (χ4n) is 1.36. The van der Waals surface area contributed by atoms with Gasteiger partial charge in [0.2, 0.25) is 0 Å². The van der Waals surface area contributed by atoms with Crippen LogP contribution < -0.4 is 0 Å². The summed E-state index contributed by atoms with van der Waals surface area (Å²) in [5.41, 5.74) is 1.75. The van der Waals surface area contributed by atoms with Crippen molar-refractivity contribution in [3.63, 3.8) is 0 Å². The first-order valence-electron chi connectivity index (χ1n) is 3.97. The quantitative estimate of drug-likeness (QED) is 0.793. The van der Waals surface area contributed by atoms with Crippen LogP contribution in [0.5, 0.6) is 0 Å². The van der Waals surface area contributed by atoms with Gasteiger partial charge in [0, 0.05) is 5.39 Å². The molecule has 0 fully saturated rings. The normalized spacial score (nSPS) is 10.7. The molecule has 72 valence electrons. The maximum atomic E-state index is 10.8. The Hall–Kier alpha value is -1.11. The summed E-state index contributed by atoms with van der Waals surface area (Å²) in [6, 6.07) is 3.43. The van der Waals surface area contributed by atoms with Crippen LogP contribution in [0.1, 0.15) is 15.9 Å². The van der Waals surface area contributed by atoms with E-state index < -0.39 is 5.97 Å². The lowest BCUT2D eigenvalue weighted by Gasteiger charge is -1.99. The van der Waals surface area contributed by atoms with Crippen molar-refractivity contribution in [3.8, 4) is 0 Å². The highest BCUT2D eigenvalue weighted by molar-refractivity contribution is 14.1. The zero-order valence-corrected chi connectivity index (χ0v) is 9.49. The van der Waals surface area contributed by atoms with Crippen LogP contribution in [0.4, 0.5) is 0 Å². The second kappa shape index (κ2) is 3.23. The molecule has 2 aromatic rings.